The molecule has 0 aliphatic heterocycles. The summed E-state index contributed by atoms with van der Waals surface area (Å²) in [6, 6.07) is 19.2. The van der Waals surface area contributed by atoms with Crippen LogP contribution in [0.5, 0.6) is 0 Å². The molecule has 0 bridgehead atoms. The zero-order chi connectivity index (χ0) is 14.3. The van der Waals surface area contributed by atoms with Crippen LogP contribution in [0, 0.1) is 0 Å². The van der Waals surface area contributed by atoms with E-state index in [1.807, 2.05) is 0 Å². The van der Waals surface area contributed by atoms with Crippen molar-refractivity contribution in [3.05, 3.63) is 60.2 Å². The third kappa shape index (κ3) is 4.36. The average molecular weight is 254 g/mol. The van der Waals surface area contributed by atoms with Crippen LogP contribution in [0.1, 0.15) is 33.3 Å². The van der Waals surface area contributed by atoms with Crippen LogP contribution >= 0.6 is 0 Å². The standard InChI is InChI=1S/C16H18.C2H4O/c1-16(2,3)15-12-8-7-11-14(15)13-9-5-4-6-10-13;1-2-3/h4-12H,1-3H3;2H,1H3. The lowest BCUT2D eigenvalue weighted by Crippen LogP contribution is -2.12. The van der Waals surface area contributed by atoms with Crippen LogP contribution in [0.25, 0.3) is 11.1 Å². The molecule has 0 saturated heterocycles. The predicted octanol–water partition coefficient (Wildman–Crippen LogP) is 4.86. The molecular formula is C18H22O. The number of aldehydes is 1. The van der Waals surface area contributed by atoms with Crippen molar-refractivity contribution < 1.29 is 4.79 Å². The number of carbonyl (C=O) groups is 1. The summed E-state index contributed by atoms with van der Waals surface area (Å²) in [5, 5.41) is 0. The molecule has 0 aliphatic rings. The van der Waals surface area contributed by atoms with Gasteiger partial charge in [-0.2, -0.15) is 0 Å². The van der Waals surface area contributed by atoms with Gasteiger partial charge in [-0.1, -0.05) is 75.4 Å². The molecule has 0 unspecified atom stereocenters. The highest BCUT2D eigenvalue weighted by Crippen LogP contribution is 2.32. The Kier molecular flexibility index (Phi) is 5.50. The van der Waals surface area contributed by atoms with Crippen LogP contribution in [-0.2, 0) is 10.2 Å². The maximum atomic E-state index is 8.81. The third-order valence-electron chi connectivity index (χ3n) is 2.82. The Bertz CT molecular complexity index is 507. The summed E-state index contributed by atoms with van der Waals surface area (Å²) in [6.07, 6.45) is 0.750. The second-order valence-electron chi connectivity index (χ2n) is 5.40. The topological polar surface area (TPSA) is 17.1 Å². The summed E-state index contributed by atoms with van der Waals surface area (Å²) in [7, 11) is 0. The second-order valence-corrected chi connectivity index (χ2v) is 5.40. The van der Waals surface area contributed by atoms with Crippen molar-refractivity contribution in [2.24, 2.45) is 0 Å². The van der Waals surface area contributed by atoms with Crippen molar-refractivity contribution in [1.82, 2.24) is 0 Å². The van der Waals surface area contributed by atoms with E-state index in [9.17, 15) is 0 Å². The zero-order valence-corrected chi connectivity index (χ0v) is 12.2. The van der Waals surface area contributed by atoms with Crippen LogP contribution in [-0.4, -0.2) is 6.29 Å². The quantitative estimate of drug-likeness (QED) is 0.664. The molecule has 0 spiro atoms. The summed E-state index contributed by atoms with van der Waals surface area (Å²) in [4.78, 5) is 8.81. The Morgan fingerprint density at radius 2 is 1.32 bits per heavy atom. The molecule has 0 radical (unpaired) electrons. The fourth-order valence-electron chi connectivity index (χ4n) is 2.01. The van der Waals surface area contributed by atoms with Gasteiger partial charge in [0.15, 0.2) is 0 Å². The molecule has 100 valence electrons. The lowest BCUT2D eigenvalue weighted by molar-refractivity contribution is -0.106. The van der Waals surface area contributed by atoms with E-state index in [0.29, 0.717) is 0 Å². The second kappa shape index (κ2) is 6.89. The van der Waals surface area contributed by atoms with Crippen LogP contribution < -0.4 is 0 Å². The van der Waals surface area contributed by atoms with E-state index >= 15 is 0 Å². The van der Waals surface area contributed by atoms with Gasteiger partial charge in [-0.15, -0.1) is 0 Å². The molecular weight excluding hydrogens is 232 g/mol. The first-order chi connectivity index (χ1) is 9.00. The molecule has 0 amide bonds. The first kappa shape index (κ1) is 15.2. The van der Waals surface area contributed by atoms with Crippen molar-refractivity contribution in [1.29, 1.82) is 0 Å². The summed E-state index contributed by atoms with van der Waals surface area (Å²) in [6.45, 7) is 8.22. The largest absolute Gasteiger partial charge is 0.304 e. The van der Waals surface area contributed by atoms with E-state index in [0.717, 1.165) is 6.29 Å². The summed E-state index contributed by atoms with van der Waals surface area (Å²) in [5.74, 6) is 0. The molecule has 0 heterocycles. The zero-order valence-electron chi connectivity index (χ0n) is 12.2. The molecule has 2 aromatic carbocycles. The molecule has 2 aromatic rings. The van der Waals surface area contributed by atoms with Gasteiger partial charge in [0.25, 0.3) is 0 Å². The first-order valence-electron chi connectivity index (χ1n) is 6.55. The third-order valence-corrected chi connectivity index (χ3v) is 2.82. The highest BCUT2D eigenvalue weighted by molar-refractivity contribution is 5.68. The highest BCUT2D eigenvalue weighted by Gasteiger charge is 2.17. The SMILES string of the molecule is CC(C)(C)c1ccccc1-c1ccccc1.CC=O. The van der Waals surface area contributed by atoms with Crippen molar-refractivity contribution in [3.8, 4) is 11.1 Å². The normalized spacial score (nSPS) is 10.3. The van der Waals surface area contributed by atoms with Gasteiger partial charge < -0.3 is 4.79 Å². The van der Waals surface area contributed by atoms with E-state index < -0.39 is 0 Å². The van der Waals surface area contributed by atoms with E-state index in [4.69, 9.17) is 4.79 Å². The molecule has 0 saturated carbocycles. The number of carbonyl (C=O) groups excluding carboxylic acids is 1. The highest BCUT2D eigenvalue weighted by atomic mass is 16.1. The average Bonchev–Trinajstić information content (AvgIpc) is 2.40. The minimum atomic E-state index is 0.187. The Morgan fingerprint density at radius 3 is 1.84 bits per heavy atom. The molecule has 0 aliphatic carbocycles. The van der Waals surface area contributed by atoms with E-state index in [1.54, 1.807) is 0 Å². The minimum Gasteiger partial charge on any atom is -0.304 e. The lowest BCUT2D eigenvalue weighted by Gasteiger charge is -2.23. The summed E-state index contributed by atoms with van der Waals surface area (Å²) in [5.41, 5.74) is 4.23. The fraction of sp³-hybridized carbons (Fsp3) is 0.278. The molecule has 0 N–H and O–H groups in total. The maximum Gasteiger partial charge on any atom is 0.116 e. The van der Waals surface area contributed by atoms with Crippen LogP contribution in [0.4, 0.5) is 0 Å². The van der Waals surface area contributed by atoms with Gasteiger partial charge in [0, 0.05) is 0 Å². The maximum absolute atomic E-state index is 8.81. The van der Waals surface area contributed by atoms with E-state index in [-0.39, 0.29) is 5.41 Å². The Morgan fingerprint density at radius 1 is 0.842 bits per heavy atom. The summed E-state index contributed by atoms with van der Waals surface area (Å²) >= 11 is 0. The van der Waals surface area contributed by atoms with Crippen molar-refractivity contribution in [2.75, 3.05) is 0 Å². The molecule has 1 nitrogen and oxygen atoms in total. The number of hydrogen-bond donors (Lipinski definition) is 0. The van der Waals surface area contributed by atoms with Gasteiger partial charge in [-0.3, -0.25) is 0 Å². The first-order valence-corrected chi connectivity index (χ1v) is 6.55. The van der Waals surface area contributed by atoms with Gasteiger partial charge in [0.2, 0.25) is 0 Å². The smallest absolute Gasteiger partial charge is 0.116 e. The van der Waals surface area contributed by atoms with E-state index in [1.165, 1.54) is 23.6 Å². The molecule has 2 rings (SSSR count). The van der Waals surface area contributed by atoms with Crippen LogP contribution in [0.15, 0.2) is 54.6 Å². The van der Waals surface area contributed by atoms with Crippen molar-refractivity contribution in [2.45, 2.75) is 33.1 Å². The number of hydrogen-bond acceptors (Lipinski definition) is 1. The van der Waals surface area contributed by atoms with Gasteiger partial charge in [0.1, 0.15) is 6.29 Å². The van der Waals surface area contributed by atoms with Crippen LogP contribution in [0.3, 0.4) is 0 Å². The Balaban J connectivity index is 0.000000550. The number of benzene rings is 2. The van der Waals surface area contributed by atoms with Gasteiger partial charge in [0.05, 0.1) is 0 Å². The van der Waals surface area contributed by atoms with Crippen molar-refractivity contribution >= 4 is 6.29 Å². The van der Waals surface area contributed by atoms with Gasteiger partial charge in [-0.05, 0) is 29.0 Å². The van der Waals surface area contributed by atoms with Gasteiger partial charge >= 0.3 is 0 Å². The van der Waals surface area contributed by atoms with Crippen molar-refractivity contribution in [3.63, 3.8) is 0 Å². The minimum absolute atomic E-state index is 0.187. The molecule has 0 fully saturated rings. The molecule has 0 aromatic heterocycles. The number of rotatable bonds is 1. The molecule has 1 heteroatoms. The van der Waals surface area contributed by atoms with Gasteiger partial charge in [-0.25, -0.2) is 0 Å². The monoisotopic (exact) mass is 254 g/mol. The summed E-state index contributed by atoms with van der Waals surface area (Å²) < 4.78 is 0. The molecule has 19 heavy (non-hydrogen) atoms. The lowest BCUT2D eigenvalue weighted by atomic mass is 9.82. The Labute approximate surface area is 116 Å². The molecule has 0 atom stereocenters. The fourth-order valence-corrected chi connectivity index (χ4v) is 2.01. The Hall–Kier alpha value is -1.89. The van der Waals surface area contributed by atoms with Crippen LogP contribution in [0.2, 0.25) is 0 Å². The predicted molar refractivity (Wildman–Crippen MR) is 82.3 cm³/mol. The van der Waals surface area contributed by atoms with E-state index in [2.05, 4.69) is 75.4 Å².